The summed E-state index contributed by atoms with van der Waals surface area (Å²) in [7, 11) is 0. The van der Waals surface area contributed by atoms with Crippen LogP contribution in [0, 0.1) is 5.92 Å². The van der Waals surface area contributed by atoms with Gasteiger partial charge in [-0.2, -0.15) is 0 Å². The molecule has 3 nitrogen and oxygen atoms in total. The van der Waals surface area contributed by atoms with E-state index in [1.54, 1.807) is 0 Å². The zero-order valence-corrected chi connectivity index (χ0v) is 10.2. The van der Waals surface area contributed by atoms with E-state index in [9.17, 15) is 0 Å². The van der Waals surface area contributed by atoms with Crippen LogP contribution < -0.4 is 0 Å². The van der Waals surface area contributed by atoms with Gasteiger partial charge >= 0.3 is 0 Å². The second-order valence-corrected chi connectivity index (χ2v) is 4.61. The Kier molecular flexibility index (Phi) is 5.37. The second kappa shape index (κ2) is 6.59. The molecular weight excluding hydrogens is 186 g/mol. The Hall–Kier alpha value is -0.860. The maximum atomic E-state index is 4.18. The van der Waals surface area contributed by atoms with E-state index in [0.29, 0.717) is 0 Å². The molecule has 1 aromatic heterocycles. The highest BCUT2D eigenvalue weighted by Crippen LogP contribution is 2.05. The van der Waals surface area contributed by atoms with Gasteiger partial charge in [-0.1, -0.05) is 38.8 Å². The fourth-order valence-electron chi connectivity index (χ4n) is 1.51. The van der Waals surface area contributed by atoms with Crippen LogP contribution in [0.5, 0.6) is 0 Å². The average molecular weight is 209 g/mol. The normalized spacial score (nSPS) is 11.2. The molecule has 0 spiro atoms. The van der Waals surface area contributed by atoms with Crippen LogP contribution in [-0.4, -0.2) is 15.0 Å². The van der Waals surface area contributed by atoms with Gasteiger partial charge in [0.05, 0.1) is 5.69 Å². The van der Waals surface area contributed by atoms with Crippen molar-refractivity contribution in [1.29, 1.82) is 0 Å². The lowest BCUT2D eigenvalue weighted by Crippen LogP contribution is -2.01. The minimum Gasteiger partial charge on any atom is -0.252 e. The number of hydrogen-bond donors (Lipinski definition) is 0. The monoisotopic (exact) mass is 209 g/mol. The molecule has 1 aromatic rings. The van der Waals surface area contributed by atoms with Crippen molar-refractivity contribution >= 4 is 0 Å². The van der Waals surface area contributed by atoms with Gasteiger partial charge < -0.3 is 0 Å². The van der Waals surface area contributed by atoms with Gasteiger partial charge in [0.25, 0.3) is 0 Å². The van der Waals surface area contributed by atoms with E-state index in [1.807, 2.05) is 4.68 Å². The molecule has 0 atom stereocenters. The summed E-state index contributed by atoms with van der Waals surface area (Å²) in [6.07, 6.45) is 8.14. The van der Waals surface area contributed by atoms with Gasteiger partial charge in [0.1, 0.15) is 0 Å². The first-order valence-corrected chi connectivity index (χ1v) is 6.11. The van der Waals surface area contributed by atoms with Crippen molar-refractivity contribution in [2.75, 3.05) is 0 Å². The van der Waals surface area contributed by atoms with Crippen LogP contribution in [0.1, 0.15) is 52.1 Å². The number of nitrogens with zero attached hydrogens (tertiary/aromatic N) is 3. The van der Waals surface area contributed by atoms with Gasteiger partial charge in [-0.15, -0.1) is 5.10 Å². The van der Waals surface area contributed by atoms with E-state index in [-0.39, 0.29) is 0 Å². The Bertz CT molecular complexity index is 266. The van der Waals surface area contributed by atoms with Gasteiger partial charge in [0, 0.05) is 12.7 Å². The Morgan fingerprint density at radius 3 is 2.80 bits per heavy atom. The van der Waals surface area contributed by atoms with E-state index in [0.717, 1.165) is 24.6 Å². The second-order valence-electron chi connectivity index (χ2n) is 4.61. The number of unbranched alkanes of at least 4 members (excludes halogenated alkanes) is 2. The zero-order valence-electron chi connectivity index (χ0n) is 10.2. The fraction of sp³-hybridized carbons (Fsp3) is 0.833. The summed E-state index contributed by atoms with van der Waals surface area (Å²) in [5.74, 6) is 0.734. The van der Waals surface area contributed by atoms with E-state index in [2.05, 4.69) is 37.3 Å². The van der Waals surface area contributed by atoms with Crippen LogP contribution in [0.25, 0.3) is 0 Å². The van der Waals surface area contributed by atoms with Crippen LogP contribution in [0.3, 0.4) is 0 Å². The van der Waals surface area contributed by atoms with Crippen LogP contribution in [0.4, 0.5) is 0 Å². The Morgan fingerprint density at radius 2 is 2.13 bits per heavy atom. The summed E-state index contributed by atoms with van der Waals surface area (Å²) >= 11 is 0. The maximum Gasteiger partial charge on any atom is 0.0827 e. The molecule has 1 heterocycles. The summed E-state index contributed by atoms with van der Waals surface area (Å²) in [5.41, 5.74) is 1.15. The highest BCUT2D eigenvalue weighted by atomic mass is 15.4. The molecule has 0 aliphatic rings. The minimum atomic E-state index is 0.734. The van der Waals surface area contributed by atoms with E-state index in [1.165, 1.54) is 25.7 Å². The third kappa shape index (κ3) is 4.96. The molecule has 0 aliphatic carbocycles. The number of aromatic nitrogens is 3. The van der Waals surface area contributed by atoms with Crippen molar-refractivity contribution in [2.24, 2.45) is 5.92 Å². The molecule has 1 rings (SSSR count). The fourth-order valence-corrected chi connectivity index (χ4v) is 1.51. The first-order chi connectivity index (χ1) is 7.22. The molecule has 0 aromatic carbocycles. The molecule has 0 aliphatic heterocycles. The lowest BCUT2D eigenvalue weighted by molar-refractivity contribution is 0.478. The molecule has 0 radical (unpaired) electrons. The van der Waals surface area contributed by atoms with Gasteiger partial charge in [0.2, 0.25) is 0 Å². The molecular formula is C12H23N3. The SMILES string of the molecule is CCCCCc1cn(CCC(C)C)nn1. The van der Waals surface area contributed by atoms with E-state index >= 15 is 0 Å². The Balaban J connectivity index is 2.29. The van der Waals surface area contributed by atoms with Crippen molar-refractivity contribution < 1.29 is 0 Å². The molecule has 3 heteroatoms. The first kappa shape index (κ1) is 12.2. The quantitative estimate of drug-likeness (QED) is 0.646. The third-order valence-corrected chi connectivity index (χ3v) is 2.56. The summed E-state index contributed by atoms with van der Waals surface area (Å²) in [6.45, 7) is 7.69. The van der Waals surface area contributed by atoms with Crippen molar-refractivity contribution in [3.8, 4) is 0 Å². The van der Waals surface area contributed by atoms with Gasteiger partial charge in [-0.25, -0.2) is 0 Å². The highest BCUT2D eigenvalue weighted by Gasteiger charge is 2.01. The molecule has 15 heavy (non-hydrogen) atoms. The van der Waals surface area contributed by atoms with Gasteiger partial charge in [-0.05, 0) is 25.2 Å². The Labute approximate surface area is 92.9 Å². The third-order valence-electron chi connectivity index (χ3n) is 2.56. The summed E-state index contributed by atoms with van der Waals surface area (Å²) in [6, 6.07) is 0. The molecule has 0 unspecified atom stereocenters. The highest BCUT2D eigenvalue weighted by molar-refractivity contribution is 4.92. The molecule has 0 amide bonds. The topological polar surface area (TPSA) is 30.7 Å². The average Bonchev–Trinajstić information content (AvgIpc) is 2.63. The number of aryl methyl sites for hydroxylation is 2. The first-order valence-electron chi connectivity index (χ1n) is 6.11. The number of rotatable bonds is 7. The zero-order chi connectivity index (χ0) is 11.1. The summed E-state index contributed by atoms with van der Waals surface area (Å²) < 4.78 is 1.97. The van der Waals surface area contributed by atoms with Crippen LogP contribution in [0.15, 0.2) is 6.20 Å². The maximum absolute atomic E-state index is 4.18. The van der Waals surface area contributed by atoms with Crippen LogP contribution in [-0.2, 0) is 13.0 Å². The molecule has 0 saturated carbocycles. The lowest BCUT2D eigenvalue weighted by Gasteiger charge is -2.02. The van der Waals surface area contributed by atoms with Crippen molar-refractivity contribution in [1.82, 2.24) is 15.0 Å². The summed E-state index contributed by atoms with van der Waals surface area (Å²) in [5, 5.41) is 8.31. The van der Waals surface area contributed by atoms with E-state index < -0.39 is 0 Å². The predicted molar refractivity (Wildman–Crippen MR) is 62.7 cm³/mol. The van der Waals surface area contributed by atoms with Crippen LogP contribution in [0.2, 0.25) is 0 Å². The molecule has 0 bridgehead atoms. The summed E-state index contributed by atoms with van der Waals surface area (Å²) in [4.78, 5) is 0. The largest absolute Gasteiger partial charge is 0.252 e. The number of hydrogen-bond acceptors (Lipinski definition) is 2. The Morgan fingerprint density at radius 1 is 1.33 bits per heavy atom. The molecule has 86 valence electrons. The predicted octanol–water partition coefficient (Wildman–Crippen LogP) is 3.06. The minimum absolute atomic E-state index is 0.734. The van der Waals surface area contributed by atoms with Crippen molar-refractivity contribution in [3.63, 3.8) is 0 Å². The van der Waals surface area contributed by atoms with Crippen LogP contribution >= 0.6 is 0 Å². The van der Waals surface area contributed by atoms with Gasteiger partial charge in [-0.3, -0.25) is 4.68 Å². The molecule has 0 saturated heterocycles. The molecule has 0 N–H and O–H groups in total. The van der Waals surface area contributed by atoms with Gasteiger partial charge in [0.15, 0.2) is 0 Å². The van der Waals surface area contributed by atoms with E-state index in [4.69, 9.17) is 0 Å². The lowest BCUT2D eigenvalue weighted by atomic mass is 10.1. The molecule has 0 fully saturated rings. The van der Waals surface area contributed by atoms with Crippen molar-refractivity contribution in [2.45, 2.75) is 59.4 Å². The standard InChI is InChI=1S/C12H23N3/c1-4-5-6-7-12-10-15(14-13-12)9-8-11(2)3/h10-11H,4-9H2,1-3H3. The van der Waals surface area contributed by atoms with Crippen molar-refractivity contribution in [3.05, 3.63) is 11.9 Å². The smallest absolute Gasteiger partial charge is 0.0827 e.